The van der Waals surface area contributed by atoms with Gasteiger partial charge in [-0.15, -0.1) is 11.6 Å². The SMILES string of the molecule is CC.Cc1cc(C(C)(C)c2ccc(OCCCN(N)/C=C(\N)CO)cc2)ccc1OCCCCl. The van der Waals surface area contributed by atoms with Gasteiger partial charge in [0.2, 0.25) is 0 Å². The molecule has 7 heteroatoms. The van der Waals surface area contributed by atoms with Gasteiger partial charge in [0, 0.05) is 30.5 Å². The van der Waals surface area contributed by atoms with Gasteiger partial charge in [0.1, 0.15) is 11.5 Å². The molecule has 6 nitrogen and oxygen atoms in total. The molecule has 0 radical (unpaired) electrons. The molecule has 0 fully saturated rings. The van der Waals surface area contributed by atoms with Crippen LogP contribution in [0.25, 0.3) is 0 Å². The molecule has 34 heavy (non-hydrogen) atoms. The highest BCUT2D eigenvalue weighted by Gasteiger charge is 2.24. The lowest BCUT2D eigenvalue weighted by Crippen LogP contribution is -2.29. The minimum absolute atomic E-state index is 0.156. The maximum Gasteiger partial charge on any atom is 0.122 e. The van der Waals surface area contributed by atoms with Crippen LogP contribution >= 0.6 is 11.6 Å². The van der Waals surface area contributed by atoms with E-state index in [0.717, 1.165) is 29.9 Å². The van der Waals surface area contributed by atoms with E-state index in [9.17, 15) is 0 Å². The maximum atomic E-state index is 8.91. The van der Waals surface area contributed by atoms with Crippen molar-refractivity contribution in [2.75, 3.05) is 32.2 Å². The molecule has 0 aliphatic carbocycles. The topological polar surface area (TPSA) is 94.0 Å². The predicted molar refractivity (Wildman–Crippen MR) is 142 cm³/mol. The molecule has 190 valence electrons. The molecule has 0 atom stereocenters. The lowest BCUT2D eigenvalue weighted by Gasteiger charge is -2.27. The third-order valence-corrected chi connectivity index (χ3v) is 5.62. The first-order valence-electron chi connectivity index (χ1n) is 11.9. The van der Waals surface area contributed by atoms with Crippen molar-refractivity contribution in [1.82, 2.24) is 5.01 Å². The summed E-state index contributed by atoms with van der Waals surface area (Å²) in [5, 5.41) is 10.4. The first-order valence-corrected chi connectivity index (χ1v) is 12.4. The van der Waals surface area contributed by atoms with E-state index >= 15 is 0 Å². The molecular formula is C27H42ClN3O3. The molecule has 0 saturated heterocycles. The van der Waals surface area contributed by atoms with Crippen molar-refractivity contribution in [3.8, 4) is 11.5 Å². The number of hydrogen-bond donors (Lipinski definition) is 3. The molecule has 2 aromatic carbocycles. The van der Waals surface area contributed by atoms with E-state index in [0.29, 0.717) is 31.3 Å². The van der Waals surface area contributed by atoms with E-state index in [2.05, 4.69) is 45.0 Å². The number of hydrazine groups is 1. The summed E-state index contributed by atoms with van der Waals surface area (Å²) in [6.07, 6.45) is 3.09. The van der Waals surface area contributed by atoms with Crippen LogP contribution in [0.15, 0.2) is 54.4 Å². The molecule has 0 heterocycles. The van der Waals surface area contributed by atoms with Crippen molar-refractivity contribution in [2.45, 2.75) is 52.9 Å². The number of nitrogens with two attached hydrogens (primary N) is 2. The van der Waals surface area contributed by atoms with Crippen LogP contribution < -0.4 is 21.1 Å². The fraction of sp³-hybridized carbons (Fsp3) is 0.481. The summed E-state index contributed by atoms with van der Waals surface area (Å²) in [4.78, 5) is 0. The lowest BCUT2D eigenvalue weighted by molar-refractivity contribution is 0.275. The summed E-state index contributed by atoms with van der Waals surface area (Å²) in [6.45, 7) is 12.0. The fourth-order valence-electron chi connectivity index (χ4n) is 3.33. The second kappa shape index (κ2) is 15.5. The number of aliphatic hydroxyl groups is 1. The van der Waals surface area contributed by atoms with Crippen molar-refractivity contribution in [1.29, 1.82) is 0 Å². The summed E-state index contributed by atoms with van der Waals surface area (Å²) in [7, 11) is 0. The molecule has 0 amide bonds. The zero-order chi connectivity index (χ0) is 25.6. The van der Waals surface area contributed by atoms with Crippen LogP contribution in [0.5, 0.6) is 11.5 Å². The minimum atomic E-state index is -0.209. The van der Waals surface area contributed by atoms with Crippen molar-refractivity contribution in [3.05, 3.63) is 71.1 Å². The Balaban J connectivity index is 0.00000281. The van der Waals surface area contributed by atoms with Crippen LogP contribution in [0.1, 0.15) is 57.2 Å². The molecule has 0 aliphatic rings. The predicted octanol–water partition coefficient (Wildman–Crippen LogP) is 5.09. The van der Waals surface area contributed by atoms with Gasteiger partial charge in [0.05, 0.1) is 25.5 Å². The van der Waals surface area contributed by atoms with E-state index in [1.54, 1.807) is 0 Å². The molecule has 0 bridgehead atoms. The number of aliphatic hydroxyl groups excluding tert-OH is 1. The second-order valence-electron chi connectivity index (χ2n) is 8.32. The van der Waals surface area contributed by atoms with E-state index < -0.39 is 0 Å². The molecule has 0 aromatic heterocycles. The second-order valence-corrected chi connectivity index (χ2v) is 8.70. The van der Waals surface area contributed by atoms with Crippen LogP contribution in [0.4, 0.5) is 0 Å². The van der Waals surface area contributed by atoms with Crippen molar-refractivity contribution in [3.63, 3.8) is 0 Å². The average molecular weight is 492 g/mol. The summed E-state index contributed by atoms with van der Waals surface area (Å²) < 4.78 is 11.7. The van der Waals surface area contributed by atoms with Crippen LogP contribution in [0.2, 0.25) is 0 Å². The van der Waals surface area contributed by atoms with E-state index in [4.69, 9.17) is 37.8 Å². The van der Waals surface area contributed by atoms with Gasteiger partial charge >= 0.3 is 0 Å². The van der Waals surface area contributed by atoms with E-state index in [1.807, 2.05) is 32.0 Å². The van der Waals surface area contributed by atoms with Crippen LogP contribution in [-0.2, 0) is 5.41 Å². The van der Waals surface area contributed by atoms with Gasteiger partial charge < -0.3 is 25.3 Å². The van der Waals surface area contributed by atoms with E-state index in [1.165, 1.54) is 22.3 Å². The number of hydrogen-bond acceptors (Lipinski definition) is 6. The number of rotatable bonds is 13. The van der Waals surface area contributed by atoms with Crippen LogP contribution in [0, 0.1) is 6.92 Å². The lowest BCUT2D eigenvalue weighted by atomic mass is 9.77. The van der Waals surface area contributed by atoms with Gasteiger partial charge in [-0.1, -0.05) is 52.0 Å². The number of benzene rings is 2. The Kier molecular flexibility index (Phi) is 13.5. The third kappa shape index (κ3) is 9.45. The quantitative estimate of drug-likeness (QED) is 0.156. The monoisotopic (exact) mass is 491 g/mol. The van der Waals surface area contributed by atoms with Gasteiger partial charge in [-0.3, -0.25) is 0 Å². The summed E-state index contributed by atoms with van der Waals surface area (Å²) in [6, 6.07) is 14.6. The number of halogens is 1. The van der Waals surface area contributed by atoms with Crippen LogP contribution in [0.3, 0.4) is 0 Å². The summed E-state index contributed by atoms with van der Waals surface area (Å²) >= 11 is 5.73. The Morgan fingerprint density at radius 1 is 1.03 bits per heavy atom. The molecule has 2 aromatic rings. The van der Waals surface area contributed by atoms with Gasteiger partial charge in [0.25, 0.3) is 0 Å². The highest BCUT2D eigenvalue weighted by molar-refractivity contribution is 6.17. The average Bonchev–Trinajstić information content (AvgIpc) is 2.84. The maximum absolute atomic E-state index is 8.91. The van der Waals surface area contributed by atoms with Gasteiger partial charge in [0.15, 0.2) is 0 Å². The zero-order valence-corrected chi connectivity index (χ0v) is 22.1. The Hall–Kier alpha value is -2.41. The van der Waals surface area contributed by atoms with Gasteiger partial charge in [-0.25, -0.2) is 5.84 Å². The number of aryl methyl sites for hydroxylation is 1. The fourth-order valence-corrected chi connectivity index (χ4v) is 3.44. The third-order valence-electron chi connectivity index (χ3n) is 5.35. The van der Waals surface area contributed by atoms with Crippen molar-refractivity contribution in [2.24, 2.45) is 11.6 Å². The number of nitrogens with zero attached hydrogens (tertiary/aromatic N) is 1. The molecule has 0 saturated carbocycles. The minimum Gasteiger partial charge on any atom is -0.494 e. The van der Waals surface area contributed by atoms with Crippen molar-refractivity contribution < 1.29 is 14.6 Å². The standard InChI is InChI=1S/C25H36ClN3O3.C2H6/c1-19-16-21(8-11-24(19)32-14-4-12-26)25(2,3)20-6-9-23(10-7-20)31-15-5-13-29(28)17-22(27)18-30;1-2/h6-11,16-17,30H,4-5,12-15,18,27-28H2,1-3H3;1-2H3/b22-17-;. The largest absolute Gasteiger partial charge is 0.494 e. The Bertz CT molecular complexity index is 870. The first-order chi connectivity index (χ1) is 16.3. The normalized spacial score (nSPS) is 11.5. The van der Waals surface area contributed by atoms with Crippen LogP contribution in [-0.4, -0.2) is 42.4 Å². The number of alkyl halides is 1. The van der Waals surface area contributed by atoms with E-state index in [-0.39, 0.29) is 12.0 Å². The molecule has 0 aliphatic heterocycles. The summed E-state index contributed by atoms with van der Waals surface area (Å²) in [5.41, 5.74) is 9.28. The Morgan fingerprint density at radius 2 is 1.65 bits per heavy atom. The zero-order valence-electron chi connectivity index (χ0n) is 21.3. The molecule has 0 spiro atoms. The molecule has 0 unspecified atom stereocenters. The molecular weight excluding hydrogens is 450 g/mol. The highest BCUT2D eigenvalue weighted by atomic mass is 35.5. The Morgan fingerprint density at radius 3 is 2.24 bits per heavy atom. The van der Waals surface area contributed by atoms with Gasteiger partial charge in [-0.2, -0.15) is 0 Å². The first kappa shape index (κ1) is 29.6. The van der Waals surface area contributed by atoms with Crippen molar-refractivity contribution >= 4 is 11.6 Å². The highest BCUT2D eigenvalue weighted by Crippen LogP contribution is 2.34. The molecule has 5 N–H and O–H groups in total. The smallest absolute Gasteiger partial charge is 0.122 e. The summed E-state index contributed by atoms with van der Waals surface area (Å²) in [5.74, 6) is 8.13. The molecule has 2 rings (SSSR count). The van der Waals surface area contributed by atoms with Gasteiger partial charge in [-0.05, 0) is 48.2 Å². The number of ether oxygens (including phenoxy) is 2. The Labute approximate surface area is 210 Å².